The first-order chi connectivity index (χ1) is 17.2. The summed E-state index contributed by atoms with van der Waals surface area (Å²) in [6.45, 7) is 3.45. The van der Waals surface area contributed by atoms with Crippen molar-refractivity contribution in [2.75, 3.05) is 11.4 Å². The quantitative estimate of drug-likeness (QED) is 0.240. The van der Waals surface area contributed by atoms with Crippen LogP contribution in [-0.4, -0.2) is 17.5 Å². The van der Waals surface area contributed by atoms with Crippen LogP contribution in [0.25, 0.3) is 21.5 Å². The van der Waals surface area contributed by atoms with Crippen molar-refractivity contribution in [3.8, 4) is 0 Å². The molecule has 5 aromatic carbocycles. The van der Waals surface area contributed by atoms with E-state index in [1.165, 1.54) is 0 Å². The molecule has 0 radical (unpaired) electrons. The van der Waals surface area contributed by atoms with Crippen LogP contribution in [0.2, 0.25) is 0 Å². The Morgan fingerprint density at radius 3 is 1.69 bits per heavy atom. The fourth-order valence-corrected chi connectivity index (χ4v) is 4.54. The number of hydrogen-bond acceptors (Lipinski definition) is 1. The van der Waals surface area contributed by atoms with Gasteiger partial charge in [0.1, 0.15) is 0 Å². The lowest BCUT2D eigenvalue weighted by molar-refractivity contribution is 0.203. The molecule has 3 nitrogen and oxygen atoms in total. The van der Waals surface area contributed by atoms with Crippen LogP contribution < -0.4 is 4.90 Å². The minimum atomic E-state index is -0.00661. The number of rotatable bonds is 7. The molecule has 0 saturated heterocycles. The van der Waals surface area contributed by atoms with E-state index in [2.05, 4.69) is 79.7 Å². The van der Waals surface area contributed by atoms with Gasteiger partial charge in [-0.3, -0.25) is 4.90 Å². The van der Waals surface area contributed by atoms with Crippen molar-refractivity contribution in [2.24, 2.45) is 0 Å². The molecule has 0 atom stereocenters. The molecule has 0 aliphatic heterocycles. The number of carbonyl (C=O) groups is 1. The third-order valence-corrected chi connectivity index (χ3v) is 6.44. The largest absolute Gasteiger partial charge is 0.329 e. The maximum absolute atomic E-state index is 14.3. The second-order valence-electron chi connectivity index (χ2n) is 8.94. The average Bonchev–Trinajstić information content (AvgIpc) is 2.91. The van der Waals surface area contributed by atoms with E-state index in [-0.39, 0.29) is 6.03 Å². The first-order valence-electron chi connectivity index (χ1n) is 12.3. The molecule has 0 saturated carbocycles. The first-order valence-corrected chi connectivity index (χ1v) is 12.3. The zero-order valence-corrected chi connectivity index (χ0v) is 20.1. The summed E-state index contributed by atoms with van der Waals surface area (Å²) in [5, 5.41) is 4.56. The Kier molecular flexibility index (Phi) is 6.76. The van der Waals surface area contributed by atoms with E-state index in [9.17, 15) is 4.79 Å². The average molecular weight is 459 g/mol. The van der Waals surface area contributed by atoms with E-state index < -0.39 is 0 Å². The van der Waals surface area contributed by atoms with Gasteiger partial charge in [-0.1, -0.05) is 104 Å². The summed E-state index contributed by atoms with van der Waals surface area (Å²) in [4.78, 5) is 18.1. The molecule has 174 valence electrons. The summed E-state index contributed by atoms with van der Waals surface area (Å²) in [7, 11) is 0. The molecule has 0 aliphatic carbocycles. The number of urea groups is 1. The van der Waals surface area contributed by atoms with E-state index in [1.54, 1.807) is 0 Å². The molecule has 5 aromatic rings. The summed E-state index contributed by atoms with van der Waals surface area (Å²) in [6.07, 6.45) is 1.99. The molecule has 0 unspecified atom stereocenters. The van der Waals surface area contributed by atoms with Crippen molar-refractivity contribution in [1.82, 2.24) is 4.90 Å². The maximum Gasteiger partial charge on any atom is 0.329 e. The fourth-order valence-electron chi connectivity index (χ4n) is 4.54. The third-order valence-electron chi connectivity index (χ3n) is 6.44. The summed E-state index contributed by atoms with van der Waals surface area (Å²) >= 11 is 0. The molecule has 0 N–H and O–H groups in total. The number of amides is 2. The minimum Gasteiger partial charge on any atom is -0.320 e. The Morgan fingerprint density at radius 2 is 1.14 bits per heavy atom. The lowest BCUT2D eigenvalue weighted by Crippen LogP contribution is -2.41. The van der Waals surface area contributed by atoms with Crippen molar-refractivity contribution < 1.29 is 4.79 Å². The van der Waals surface area contributed by atoms with E-state index >= 15 is 0 Å². The molecule has 2 amide bonds. The predicted molar refractivity (Wildman–Crippen MR) is 147 cm³/mol. The van der Waals surface area contributed by atoms with Gasteiger partial charge >= 0.3 is 6.03 Å². The van der Waals surface area contributed by atoms with Crippen LogP contribution in [0, 0.1) is 0 Å². The lowest BCUT2D eigenvalue weighted by Gasteiger charge is -2.31. The summed E-state index contributed by atoms with van der Waals surface area (Å²) < 4.78 is 0. The summed E-state index contributed by atoms with van der Waals surface area (Å²) in [6, 6.07) is 39.3. The van der Waals surface area contributed by atoms with Crippen LogP contribution in [0.1, 0.15) is 25.3 Å². The van der Waals surface area contributed by atoms with Gasteiger partial charge in [-0.25, -0.2) is 4.79 Å². The molecular weight excluding hydrogens is 428 g/mol. The summed E-state index contributed by atoms with van der Waals surface area (Å²) in [5.74, 6) is 0. The van der Waals surface area contributed by atoms with Crippen LogP contribution >= 0.6 is 0 Å². The Bertz CT molecular complexity index is 1360. The number of fused-ring (bicyclic) bond motifs is 2. The van der Waals surface area contributed by atoms with Crippen molar-refractivity contribution in [3.63, 3.8) is 0 Å². The molecule has 0 spiro atoms. The van der Waals surface area contributed by atoms with Gasteiger partial charge in [0.2, 0.25) is 0 Å². The molecule has 0 aromatic heterocycles. The fraction of sp³-hybridized carbons (Fsp3) is 0.156. The smallest absolute Gasteiger partial charge is 0.320 e. The second kappa shape index (κ2) is 10.4. The number of hydrogen-bond donors (Lipinski definition) is 0. The summed E-state index contributed by atoms with van der Waals surface area (Å²) in [5.41, 5.74) is 2.88. The zero-order chi connectivity index (χ0) is 24.0. The van der Waals surface area contributed by atoms with Crippen molar-refractivity contribution in [2.45, 2.75) is 26.3 Å². The van der Waals surface area contributed by atoms with E-state index in [1.807, 2.05) is 52.3 Å². The highest BCUT2D eigenvalue weighted by Gasteiger charge is 2.24. The van der Waals surface area contributed by atoms with E-state index in [0.29, 0.717) is 13.1 Å². The topological polar surface area (TPSA) is 23.6 Å². The van der Waals surface area contributed by atoms with Crippen LogP contribution in [-0.2, 0) is 6.54 Å². The SMILES string of the molecule is CCCCN(Cc1ccccc1)C(=O)N(c1ccc2ccccc2c1)c1ccc2ccccc2c1. The van der Waals surface area contributed by atoms with Crippen molar-refractivity contribution in [3.05, 3.63) is 121 Å². The van der Waals surface area contributed by atoms with Gasteiger partial charge in [0, 0.05) is 13.1 Å². The molecule has 0 fully saturated rings. The van der Waals surface area contributed by atoms with Gasteiger partial charge in [0.05, 0.1) is 11.4 Å². The number of benzene rings is 5. The highest BCUT2D eigenvalue weighted by Crippen LogP contribution is 2.32. The Hall–Kier alpha value is -4.11. The Morgan fingerprint density at radius 1 is 0.629 bits per heavy atom. The normalized spacial score (nSPS) is 11.0. The minimum absolute atomic E-state index is 0.00661. The van der Waals surface area contributed by atoms with Crippen LogP contribution in [0.5, 0.6) is 0 Å². The van der Waals surface area contributed by atoms with Gasteiger partial charge in [0.15, 0.2) is 0 Å². The number of carbonyl (C=O) groups excluding carboxylic acids is 1. The van der Waals surface area contributed by atoms with Crippen molar-refractivity contribution >= 4 is 39.0 Å². The predicted octanol–water partition coefficient (Wildman–Crippen LogP) is 8.55. The van der Waals surface area contributed by atoms with Crippen molar-refractivity contribution in [1.29, 1.82) is 0 Å². The van der Waals surface area contributed by atoms with E-state index in [0.717, 1.165) is 51.3 Å². The van der Waals surface area contributed by atoms with Gasteiger partial charge in [0.25, 0.3) is 0 Å². The van der Waals surface area contributed by atoms with Gasteiger partial charge in [-0.2, -0.15) is 0 Å². The molecule has 0 heterocycles. The molecule has 35 heavy (non-hydrogen) atoms. The van der Waals surface area contributed by atoms with Gasteiger partial charge in [-0.05, 0) is 57.8 Å². The zero-order valence-electron chi connectivity index (χ0n) is 20.1. The van der Waals surface area contributed by atoms with E-state index in [4.69, 9.17) is 0 Å². The molecule has 3 heteroatoms. The van der Waals surface area contributed by atoms with Crippen LogP contribution in [0.15, 0.2) is 115 Å². The monoisotopic (exact) mass is 458 g/mol. The Balaban J connectivity index is 1.60. The first kappa shape index (κ1) is 22.7. The molecule has 5 rings (SSSR count). The molecule has 0 aliphatic rings. The number of nitrogens with zero attached hydrogens (tertiary/aromatic N) is 2. The second-order valence-corrected chi connectivity index (χ2v) is 8.94. The number of unbranched alkanes of at least 4 members (excludes halogenated alkanes) is 1. The lowest BCUT2D eigenvalue weighted by atomic mass is 10.1. The van der Waals surface area contributed by atoms with Gasteiger partial charge < -0.3 is 4.90 Å². The van der Waals surface area contributed by atoms with Crippen LogP contribution in [0.4, 0.5) is 16.2 Å². The van der Waals surface area contributed by atoms with Gasteiger partial charge in [-0.15, -0.1) is 0 Å². The highest BCUT2D eigenvalue weighted by molar-refractivity contribution is 6.03. The van der Waals surface area contributed by atoms with Crippen LogP contribution in [0.3, 0.4) is 0 Å². The maximum atomic E-state index is 14.3. The highest BCUT2D eigenvalue weighted by atomic mass is 16.2. The Labute approximate surface area is 207 Å². The standard InChI is InChI=1S/C32H30N2O/c1-2-3-21-33(24-25-11-5-4-6-12-25)32(35)34(30-19-17-26-13-7-9-15-28(26)22-30)31-20-18-27-14-8-10-16-29(27)23-31/h4-20,22-23H,2-3,21,24H2,1H3. The molecule has 0 bridgehead atoms. The molecular formula is C32H30N2O. The number of anilines is 2. The third kappa shape index (κ3) is 5.04.